The zero-order valence-electron chi connectivity index (χ0n) is 20.4. The summed E-state index contributed by atoms with van der Waals surface area (Å²) in [6, 6.07) is 18.9. The van der Waals surface area contributed by atoms with Gasteiger partial charge >= 0.3 is 0 Å². The molecule has 0 saturated heterocycles. The van der Waals surface area contributed by atoms with E-state index in [1.165, 1.54) is 15.6 Å². The Balaban J connectivity index is 1.44. The van der Waals surface area contributed by atoms with Crippen molar-refractivity contribution in [3.05, 3.63) is 83.2 Å². The summed E-state index contributed by atoms with van der Waals surface area (Å²) in [7, 11) is 5.53. The average molecular weight is 475 g/mol. The van der Waals surface area contributed by atoms with E-state index in [1.807, 2.05) is 73.6 Å². The van der Waals surface area contributed by atoms with Gasteiger partial charge in [-0.25, -0.2) is 0 Å². The minimum atomic E-state index is -1.15. The highest BCUT2D eigenvalue weighted by molar-refractivity contribution is 6.01. The van der Waals surface area contributed by atoms with Gasteiger partial charge in [0.1, 0.15) is 11.2 Å². The fourth-order valence-corrected chi connectivity index (χ4v) is 3.99. The highest BCUT2D eigenvalue weighted by atomic mass is 16.2. The first-order valence-electron chi connectivity index (χ1n) is 11.4. The fraction of sp³-hybridized carbons (Fsp3) is 0.308. The average Bonchev–Trinajstić information content (AvgIpc) is 3.29. The summed E-state index contributed by atoms with van der Waals surface area (Å²) in [4.78, 5) is 42.3. The zero-order valence-corrected chi connectivity index (χ0v) is 20.4. The Hall–Kier alpha value is -4.14. The molecule has 35 heavy (non-hydrogen) atoms. The summed E-state index contributed by atoms with van der Waals surface area (Å²) < 4.78 is 1.45. The Kier molecular flexibility index (Phi) is 6.59. The van der Waals surface area contributed by atoms with E-state index in [2.05, 4.69) is 15.7 Å². The predicted molar refractivity (Wildman–Crippen MR) is 133 cm³/mol. The number of likely N-dealkylation sites (N-methyl/N-ethyl adjacent to an activating group) is 1. The van der Waals surface area contributed by atoms with Gasteiger partial charge in [-0.1, -0.05) is 42.5 Å². The van der Waals surface area contributed by atoms with Crippen LogP contribution in [0.15, 0.2) is 60.7 Å². The molecule has 1 aliphatic rings. The van der Waals surface area contributed by atoms with Gasteiger partial charge in [-0.15, -0.1) is 0 Å². The van der Waals surface area contributed by atoms with Crippen LogP contribution in [-0.4, -0.2) is 59.1 Å². The van der Waals surface area contributed by atoms with Crippen molar-refractivity contribution in [3.63, 3.8) is 0 Å². The van der Waals surface area contributed by atoms with Crippen LogP contribution in [0.1, 0.15) is 39.0 Å². The first-order valence-corrected chi connectivity index (χ1v) is 11.4. The summed E-state index contributed by atoms with van der Waals surface area (Å²) in [6.45, 7) is 2.53. The van der Waals surface area contributed by atoms with Crippen LogP contribution in [-0.2, 0) is 24.4 Å². The van der Waals surface area contributed by atoms with E-state index in [9.17, 15) is 14.4 Å². The van der Waals surface area contributed by atoms with E-state index in [1.54, 1.807) is 14.0 Å². The zero-order chi connectivity index (χ0) is 25.2. The predicted octanol–water partition coefficient (Wildman–Crippen LogP) is 2.04. The molecule has 0 aliphatic carbocycles. The lowest BCUT2D eigenvalue weighted by Crippen LogP contribution is -2.62. The van der Waals surface area contributed by atoms with Crippen LogP contribution < -0.4 is 15.5 Å². The molecule has 0 saturated carbocycles. The highest BCUT2D eigenvalue weighted by Crippen LogP contribution is 2.26. The summed E-state index contributed by atoms with van der Waals surface area (Å²) in [5.41, 5.74) is 2.25. The van der Waals surface area contributed by atoms with Crippen molar-refractivity contribution in [1.29, 1.82) is 0 Å². The van der Waals surface area contributed by atoms with Crippen LogP contribution in [0, 0.1) is 0 Å². The minimum absolute atomic E-state index is 0.139. The normalized spacial score (nSPS) is 17.0. The molecule has 0 spiro atoms. The molecule has 1 atom stereocenters. The van der Waals surface area contributed by atoms with E-state index >= 15 is 0 Å². The third-order valence-electron chi connectivity index (χ3n) is 6.43. The molecule has 0 bridgehead atoms. The number of nitrogens with one attached hydrogen (secondary N) is 2. The number of hydrogen-bond donors (Lipinski definition) is 2. The molecule has 3 aromatic rings. The maximum absolute atomic E-state index is 13.1. The van der Waals surface area contributed by atoms with Gasteiger partial charge in [0.25, 0.3) is 11.8 Å². The molecular weight excluding hydrogens is 444 g/mol. The van der Waals surface area contributed by atoms with Crippen molar-refractivity contribution >= 4 is 23.4 Å². The molecule has 3 amide bonds. The Bertz CT molecular complexity index is 1240. The number of carbonyl (C=O) groups is 3. The Morgan fingerprint density at radius 1 is 1.00 bits per heavy atom. The minimum Gasteiger partial charge on any atom is -0.378 e. The maximum Gasteiger partial charge on any atom is 0.272 e. The Morgan fingerprint density at radius 3 is 2.29 bits per heavy atom. The van der Waals surface area contributed by atoms with E-state index in [4.69, 9.17) is 0 Å². The molecule has 9 nitrogen and oxygen atoms in total. The summed E-state index contributed by atoms with van der Waals surface area (Å²) in [5, 5.41) is 10.1. The second-order valence-corrected chi connectivity index (χ2v) is 9.12. The van der Waals surface area contributed by atoms with Gasteiger partial charge in [0.05, 0.1) is 6.54 Å². The third-order valence-corrected chi connectivity index (χ3v) is 6.43. The molecule has 2 heterocycles. The fourth-order valence-electron chi connectivity index (χ4n) is 3.99. The lowest BCUT2D eigenvalue weighted by Gasteiger charge is -2.40. The van der Waals surface area contributed by atoms with Gasteiger partial charge in [-0.3, -0.25) is 19.1 Å². The van der Waals surface area contributed by atoms with Crippen molar-refractivity contribution in [1.82, 2.24) is 25.3 Å². The SMILES string of the molecule is CN(C)c1ccc(CNC(=O)c2cc3n(n2)CC(C)(C(=O)NCc2ccccc2)N(C)C3=O)cc1. The number of fused-ring (bicyclic) bond motifs is 1. The summed E-state index contributed by atoms with van der Waals surface area (Å²) in [6.07, 6.45) is 0. The van der Waals surface area contributed by atoms with Crippen LogP contribution in [0.4, 0.5) is 5.69 Å². The molecule has 1 aromatic heterocycles. The quantitative estimate of drug-likeness (QED) is 0.546. The molecular formula is C26H30N6O3. The van der Waals surface area contributed by atoms with Crippen molar-refractivity contribution in [3.8, 4) is 0 Å². The van der Waals surface area contributed by atoms with Gasteiger partial charge in [-0.2, -0.15) is 5.10 Å². The Labute approximate surface area is 204 Å². The monoisotopic (exact) mass is 474 g/mol. The van der Waals surface area contributed by atoms with Crippen LogP contribution in [0.5, 0.6) is 0 Å². The molecule has 1 aliphatic heterocycles. The molecule has 182 valence electrons. The van der Waals surface area contributed by atoms with E-state index < -0.39 is 5.54 Å². The first-order chi connectivity index (χ1) is 16.7. The number of aromatic nitrogens is 2. The van der Waals surface area contributed by atoms with E-state index in [0.29, 0.717) is 13.1 Å². The van der Waals surface area contributed by atoms with Gasteiger partial charge in [0.2, 0.25) is 5.91 Å². The smallest absolute Gasteiger partial charge is 0.272 e. The molecule has 1 unspecified atom stereocenters. The maximum atomic E-state index is 13.1. The van der Waals surface area contributed by atoms with E-state index in [-0.39, 0.29) is 35.7 Å². The second kappa shape index (κ2) is 9.61. The van der Waals surface area contributed by atoms with Crippen molar-refractivity contribution in [2.24, 2.45) is 0 Å². The molecule has 9 heteroatoms. The van der Waals surface area contributed by atoms with Gasteiger partial charge < -0.3 is 20.4 Å². The largest absolute Gasteiger partial charge is 0.378 e. The Morgan fingerprint density at radius 2 is 1.63 bits per heavy atom. The van der Waals surface area contributed by atoms with Gasteiger partial charge in [0.15, 0.2) is 5.69 Å². The van der Waals surface area contributed by atoms with Crippen LogP contribution >= 0.6 is 0 Å². The second-order valence-electron chi connectivity index (χ2n) is 9.12. The number of carbonyl (C=O) groups excluding carboxylic acids is 3. The van der Waals surface area contributed by atoms with Crippen LogP contribution in [0.25, 0.3) is 0 Å². The number of nitrogens with zero attached hydrogens (tertiary/aromatic N) is 4. The standard InChI is InChI=1S/C26H30N6O3/c1-26(25(35)28-16-18-8-6-5-7-9-18)17-32-22(24(34)31(26)4)14-21(29-32)23(33)27-15-19-10-12-20(13-11-19)30(2)3/h5-14H,15-17H2,1-4H3,(H,27,33)(H,28,35). The van der Waals surface area contributed by atoms with Crippen LogP contribution in [0.2, 0.25) is 0 Å². The lowest BCUT2D eigenvalue weighted by molar-refractivity contribution is -0.132. The number of rotatable bonds is 7. The third kappa shape index (κ3) is 4.89. The topological polar surface area (TPSA) is 99.6 Å². The number of anilines is 1. The molecule has 0 radical (unpaired) electrons. The van der Waals surface area contributed by atoms with Gasteiger partial charge in [-0.05, 0) is 30.2 Å². The van der Waals surface area contributed by atoms with Crippen molar-refractivity contribution < 1.29 is 14.4 Å². The summed E-state index contributed by atoms with van der Waals surface area (Å²) in [5.74, 6) is -1.03. The molecule has 2 aromatic carbocycles. The number of amides is 3. The molecule has 0 fully saturated rings. The van der Waals surface area contributed by atoms with E-state index in [0.717, 1.165) is 16.8 Å². The first kappa shape index (κ1) is 24.0. The molecule has 2 N–H and O–H groups in total. The van der Waals surface area contributed by atoms with Crippen molar-refractivity contribution in [2.75, 3.05) is 26.0 Å². The molecule has 4 rings (SSSR count). The number of benzene rings is 2. The van der Waals surface area contributed by atoms with Crippen molar-refractivity contribution in [2.45, 2.75) is 32.1 Å². The van der Waals surface area contributed by atoms with Crippen LogP contribution in [0.3, 0.4) is 0 Å². The highest BCUT2D eigenvalue weighted by Gasteiger charge is 2.46. The lowest BCUT2D eigenvalue weighted by atomic mass is 9.96. The number of hydrogen-bond acceptors (Lipinski definition) is 5. The summed E-state index contributed by atoms with van der Waals surface area (Å²) >= 11 is 0. The van der Waals surface area contributed by atoms with Gasteiger partial charge in [0, 0.05) is 46.0 Å².